The second-order valence-corrected chi connectivity index (χ2v) is 3.67. The molecule has 1 aromatic rings. The van der Waals surface area contributed by atoms with Gasteiger partial charge < -0.3 is 10.5 Å². The predicted octanol–water partition coefficient (Wildman–Crippen LogP) is 3.10. The van der Waals surface area contributed by atoms with Crippen LogP contribution in [0.15, 0.2) is 6.20 Å². The van der Waals surface area contributed by atoms with E-state index in [1.807, 2.05) is 0 Å². The summed E-state index contributed by atoms with van der Waals surface area (Å²) in [6.07, 6.45) is -7.28. The Labute approximate surface area is 99.9 Å². The van der Waals surface area contributed by atoms with Crippen LogP contribution in [0.3, 0.4) is 0 Å². The summed E-state index contributed by atoms with van der Waals surface area (Å²) in [5.41, 5.74) is 4.13. The number of ether oxygens (including phenoxy) is 1. The fourth-order valence-electron chi connectivity index (χ4n) is 0.851. The topological polar surface area (TPSA) is 48.1 Å². The lowest BCUT2D eigenvalue weighted by Crippen LogP contribution is -2.19. The molecular formula is C7H4F5IN2O. The van der Waals surface area contributed by atoms with Gasteiger partial charge >= 0.3 is 6.36 Å². The van der Waals surface area contributed by atoms with Gasteiger partial charge in [-0.1, -0.05) is 0 Å². The van der Waals surface area contributed by atoms with E-state index in [2.05, 4.69) is 9.72 Å². The molecule has 16 heavy (non-hydrogen) atoms. The lowest BCUT2D eigenvalue weighted by Gasteiger charge is -2.12. The second kappa shape index (κ2) is 4.55. The number of nitrogens with two attached hydrogens (primary N) is 1. The molecule has 9 heteroatoms. The van der Waals surface area contributed by atoms with Crippen LogP contribution in [0.2, 0.25) is 0 Å². The Bertz CT molecular complexity index is 395. The molecule has 1 heterocycles. The Morgan fingerprint density at radius 2 is 1.94 bits per heavy atom. The summed E-state index contributed by atoms with van der Waals surface area (Å²) in [6, 6.07) is 0. The summed E-state index contributed by atoms with van der Waals surface area (Å²) >= 11 is 1.36. The summed E-state index contributed by atoms with van der Waals surface area (Å²) in [7, 11) is 0. The van der Waals surface area contributed by atoms with Gasteiger partial charge in [0.2, 0.25) is 5.88 Å². The first-order valence-electron chi connectivity index (χ1n) is 3.70. The Kier molecular flexibility index (Phi) is 3.76. The normalized spacial score (nSPS) is 11.9. The number of nitrogens with zero attached hydrogens (tertiary/aromatic N) is 1. The lowest BCUT2D eigenvalue weighted by atomic mass is 10.2. The van der Waals surface area contributed by atoms with Gasteiger partial charge in [-0.25, -0.2) is 13.8 Å². The SMILES string of the molecule is Nc1c(C(F)F)cnc(OC(F)(F)F)c1I. The zero-order valence-electron chi connectivity index (χ0n) is 7.36. The molecule has 0 amide bonds. The van der Waals surface area contributed by atoms with Gasteiger partial charge in [0.15, 0.2) is 0 Å². The number of hydrogen-bond donors (Lipinski definition) is 1. The van der Waals surface area contributed by atoms with Gasteiger partial charge in [-0.2, -0.15) is 0 Å². The standard InChI is InChI=1S/C7H4F5IN2O/c8-5(9)2-1-15-6(3(13)4(2)14)16-7(10,11)12/h1,5H,(H2,14,15). The van der Waals surface area contributed by atoms with Crippen LogP contribution in [-0.2, 0) is 0 Å². The van der Waals surface area contributed by atoms with Crippen molar-refractivity contribution in [3.8, 4) is 5.88 Å². The van der Waals surface area contributed by atoms with Gasteiger partial charge in [-0.15, -0.1) is 13.2 Å². The maximum atomic E-state index is 12.3. The van der Waals surface area contributed by atoms with Crippen molar-refractivity contribution in [1.82, 2.24) is 4.98 Å². The third-order valence-corrected chi connectivity index (χ3v) is 2.55. The maximum absolute atomic E-state index is 12.3. The van der Waals surface area contributed by atoms with Gasteiger partial charge in [0.25, 0.3) is 6.43 Å². The summed E-state index contributed by atoms with van der Waals surface area (Å²) in [6.45, 7) is 0. The Hall–Kier alpha value is -0.870. The largest absolute Gasteiger partial charge is 0.574 e. The van der Waals surface area contributed by atoms with E-state index in [1.54, 1.807) is 0 Å². The van der Waals surface area contributed by atoms with E-state index >= 15 is 0 Å². The summed E-state index contributed by atoms with van der Waals surface area (Å²) < 4.78 is 63.4. The lowest BCUT2D eigenvalue weighted by molar-refractivity contribution is -0.276. The molecule has 90 valence electrons. The van der Waals surface area contributed by atoms with Crippen molar-refractivity contribution in [2.45, 2.75) is 12.8 Å². The number of alkyl halides is 5. The van der Waals surface area contributed by atoms with Crippen LogP contribution < -0.4 is 10.5 Å². The minimum Gasteiger partial charge on any atom is -0.397 e. The van der Waals surface area contributed by atoms with Gasteiger partial charge in [0.1, 0.15) is 0 Å². The third kappa shape index (κ3) is 3.06. The summed E-state index contributed by atoms with van der Waals surface area (Å²) in [5.74, 6) is -0.838. The van der Waals surface area contributed by atoms with Crippen LogP contribution in [-0.4, -0.2) is 11.3 Å². The molecule has 0 aliphatic heterocycles. The van der Waals surface area contributed by atoms with Crippen LogP contribution in [0.25, 0.3) is 0 Å². The number of hydrogen-bond acceptors (Lipinski definition) is 3. The number of nitrogen functional groups attached to an aromatic ring is 1. The molecule has 1 rings (SSSR count). The Balaban J connectivity index is 3.12. The summed E-state index contributed by atoms with van der Waals surface area (Å²) in [4.78, 5) is 3.14. The van der Waals surface area contributed by atoms with Gasteiger partial charge in [-0.05, 0) is 22.6 Å². The first kappa shape index (κ1) is 13.2. The monoisotopic (exact) mass is 354 g/mol. The molecular weight excluding hydrogens is 350 g/mol. The molecule has 0 atom stereocenters. The number of pyridine rings is 1. The zero-order valence-corrected chi connectivity index (χ0v) is 9.51. The van der Waals surface area contributed by atoms with Crippen LogP contribution in [0.5, 0.6) is 5.88 Å². The van der Waals surface area contributed by atoms with Crippen LogP contribution in [0.4, 0.5) is 27.6 Å². The summed E-state index contributed by atoms with van der Waals surface area (Å²) in [5, 5.41) is 0. The van der Waals surface area contributed by atoms with Crippen LogP contribution >= 0.6 is 22.6 Å². The molecule has 0 saturated heterocycles. The third-order valence-electron chi connectivity index (χ3n) is 1.50. The molecule has 0 fully saturated rings. The van der Waals surface area contributed by atoms with E-state index in [0.717, 1.165) is 0 Å². The minimum atomic E-state index is -4.94. The molecule has 0 spiro atoms. The molecule has 3 nitrogen and oxygen atoms in total. The second-order valence-electron chi connectivity index (χ2n) is 2.59. The molecule has 0 bridgehead atoms. The molecule has 0 aliphatic carbocycles. The van der Waals surface area contributed by atoms with E-state index in [1.165, 1.54) is 22.6 Å². The highest BCUT2D eigenvalue weighted by Crippen LogP contribution is 2.34. The molecule has 2 N–H and O–H groups in total. The van der Waals surface area contributed by atoms with Crippen molar-refractivity contribution >= 4 is 28.3 Å². The van der Waals surface area contributed by atoms with E-state index in [-0.39, 0.29) is 3.57 Å². The quantitative estimate of drug-likeness (QED) is 0.656. The van der Waals surface area contributed by atoms with Crippen molar-refractivity contribution in [2.75, 3.05) is 5.73 Å². The van der Waals surface area contributed by atoms with E-state index in [4.69, 9.17) is 5.73 Å². The fourth-order valence-corrected chi connectivity index (χ4v) is 1.41. The number of aromatic nitrogens is 1. The average Bonchev–Trinajstić information content (AvgIpc) is 2.10. The Morgan fingerprint density at radius 1 is 1.38 bits per heavy atom. The smallest absolute Gasteiger partial charge is 0.397 e. The molecule has 0 aromatic carbocycles. The van der Waals surface area contributed by atoms with Crippen LogP contribution in [0.1, 0.15) is 12.0 Å². The van der Waals surface area contributed by atoms with Crippen molar-refractivity contribution in [3.63, 3.8) is 0 Å². The minimum absolute atomic E-state index is 0.298. The van der Waals surface area contributed by atoms with E-state index < -0.39 is 29.9 Å². The van der Waals surface area contributed by atoms with Gasteiger partial charge in [-0.3, -0.25) is 0 Å². The van der Waals surface area contributed by atoms with Crippen molar-refractivity contribution in [1.29, 1.82) is 0 Å². The van der Waals surface area contributed by atoms with Crippen molar-refractivity contribution in [3.05, 3.63) is 15.3 Å². The molecule has 0 radical (unpaired) electrons. The first-order chi connectivity index (χ1) is 7.22. The average molecular weight is 354 g/mol. The molecule has 0 saturated carbocycles. The number of halogens is 6. The number of rotatable bonds is 2. The van der Waals surface area contributed by atoms with E-state index in [9.17, 15) is 22.0 Å². The molecule has 0 aliphatic rings. The highest BCUT2D eigenvalue weighted by Gasteiger charge is 2.33. The first-order valence-corrected chi connectivity index (χ1v) is 4.78. The predicted molar refractivity (Wildman–Crippen MR) is 53.0 cm³/mol. The van der Waals surface area contributed by atoms with Crippen LogP contribution in [0, 0.1) is 3.57 Å². The van der Waals surface area contributed by atoms with E-state index in [0.29, 0.717) is 6.20 Å². The van der Waals surface area contributed by atoms with Gasteiger partial charge in [0, 0.05) is 6.20 Å². The highest BCUT2D eigenvalue weighted by molar-refractivity contribution is 14.1. The maximum Gasteiger partial charge on any atom is 0.574 e. The Morgan fingerprint density at radius 3 is 2.38 bits per heavy atom. The zero-order chi connectivity index (χ0) is 12.5. The van der Waals surface area contributed by atoms with Gasteiger partial charge in [0.05, 0.1) is 14.8 Å². The van der Waals surface area contributed by atoms with Crippen molar-refractivity contribution < 1.29 is 26.7 Å². The van der Waals surface area contributed by atoms with Crippen molar-refractivity contribution in [2.24, 2.45) is 0 Å². The molecule has 1 aromatic heterocycles. The number of anilines is 1. The fraction of sp³-hybridized carbons (Fsp3) is 0.286. The molecule has 0 unspecified atom stereocenters. The highest BCUT2D eigenvalue weighted by atomic mass is 127.